The summed E-state index contributed by atoms with van der Waals surface area (Å²) in [7, 11) is 0. The maximum Gasteiger partial charge on any atom is 0.422 e. The van der Waals surface area contributed by atoms with Gasteiger partial charge < -0.3 is 4.74 Å². The molecular weight excluding hydrogens is 568 g/mol. The summed E-state index contributed by atoms with van der Waals surface area (Å²) >= 11 is 0. The molecule has 0 bridgehead atoms. The fourth-order valence-corrected chi connectivity index (χ4v) is 4.82. The van der Waals surface area contributed by atoms with E-state index in [9.17, 15) is 52.7 Å². The number of alkyl halides is 6. The van der Waals surface area contributed by atoms with Crippen LogP contribution in [-0.2, 0) is 6.18 Å². The number of allylic oxidation sites excluding steroid dienone is 11. The van der Waals surface area contributed by atoms with Gasteiger partial charge in [0.1, 0.15) is 58.3 Å². The van der Waals surface area contributed by atoms with Gasteiger partial charge in [-0.1, -0.05) is 11.6 Å². The summed E-state index contributed by atoms with van der Waals surface area (Å²) in [5.41, 5.74) is -3.47. The Bertz CT molecular complexity index is 1370. The molecule has 0 amide bonds. The van der Waals surface area contributed by atoms with Gasteiger partial charge in [-0.3, -0.25) is 0 Å². The highest BCUT2D eigenvalue weighted by molar-refractivity contribution is 5.55. The topological polar surface area (TPSA) is 9.23 Å². The minimum Gasteiger partial charge on any atom is -0.432 e. The van der Waals surface area contributed by atoms with E-state index in [0.717, 1.165) is 6.08 Å². The van der Waals surface area contributed by atoms with Crippen LogP contribution in [0, 0.1) is 29.4 Å². The third-order valence-corrected chi connectivity index (χ3v) is 6.67. The SMILES string of the molecule is CC1=CCC(C2C=C(F)C(C3=CC(F)C(C(F)(F)Oc4cc(F)c(C(F)(F)F)c(F)c4)C(F)=C3)=C(F)C2)C(F)=C1. The lowest BCUT2D eigenvalue weighted by molar-refractivity contribution is -0.219. The first-order valence-electron chi connectivity index (χ1n) is 11.7. The Morgan fingerprint density at radius 2 is 1.48 bits per heavy atom. The lowest BCUT2D eigenvalue weighted by Crippen LogP contribution is -2.41. The Morgan fingerprint density at radius 1 is 0.850 bits per heavy atom. The first-order chi connectivity index (χ1) is 18.5. The lowest BCUT2D eigenvalue weighted by Gasteiger charge is -2.31. The average Bonchev–Trinajstić information content (AvgIpc) is 2.76. The summed E-state index contributed by atoms with van der Waals surface area (Å²) in [6.07, 6.45) is -9.59. The van der Waals surface area contributed by atoms with Crippen molar-refractivity contribution in [2.75, 3.05) is 0 Å². The fraction of sp³-hybridized carbons (Fsp3) is 0.333. The molecule has 0 saturated carbocycles. The third kappa shape index (κ3) is 5.73. The van der Waals surface area contributed by atoms with Gasteiger partial charge in [0.2, 0.25) is 0 Å². The van der Waals surface area contributed by atoms with Crippen LogP contribution in [0.4, 0.5) is 52.7 Å². The van der Waals surface area contributed by atoms with Crippen LogP contribution in [0.2, 0.25) is 0 Å². The molecule has 0 aliphatic heterocycles. The van der Waals surface area contributed by atoms with Gasteiger partial charge in [0.15, 0.2) is 0 Å². The van der Waals surface area contributed by atoms with Gasteiger partial charge in [-0.25, -0.2) is 30.7 Å². The summed E-state index contributed by atoms with van der Waals surface area (Å²) in [5.74, 6) is -16.2. The van der Waals surface area contributed by atoms with Gasteiger partial charge in [-0.15, -0.1) is 0 Å². The molecule has 1 aromatic rings. The quantitative estimate of drug-likeness (QED) is 0.312. The second kappa shape index (κ2) is 10.5. The van der Waals surface area contributed by atoms with Crippen LogP contribution in [0.1, 0.15) is 25.3 Å². The van der Waals surface area contributed by atoms with E-state index < -0.39 is 100 Å². The van der Waals surface area contributed by atoms with E-state index in [2.05, 4.69) is 4.74 Å². The molecule has 1 aromatic carbocycles. The van der Waals surface area contributed by atoms with Crippen LogP contribution < -0.4 is 4.74 Å². The highest BCUT2D eigenvalue weighted by Gasteiger charge is 2.52. The smallest absolute Gasteiger partial charge is 0.422 e. The maximum absolute atomic E-state index is 15.0. The second-order valence-electron chi connectivity index (χ2n) is 9.48. The van der Waals surface area contributed by atoms with Gasteiger partial charge >= 0.3 is 12.3 Å². The number of hydrogen-bond donors (Lipinski definition) is 0. The van der Waals surface area contributed by atoms with E-state index >= 15 is 0 Å². The number of hydrogen-bond acceptors (Lipinski definition) is 1. The van der Waals surface area contributed by atoms with E-state index in [0.29, 0.717) is 5.57 Å². The van der Waals surface area contributed by atoms with Gasteiger partial charge in [0.05, 0.1) is 0 Å². The monoisotopic (exact) mass is 586 g/mol. The minimum absolute atomic E-state index is 0.151. The molecule has 0 N–H and O–H groups in total. The van der Waals surface area contributed by atoms with E-state index in [1.807, 2.05) is 0 Å². The van der Waals surface area contributed by atoms with Crippen LogP contribution >= 0.6 is 0 Å². The highest BCUT2D eigenvalue weighted by atomic mass is 19.4. The third-order valence-electron chi connectivity index (χ3n) is 6.67. The van der Waals surface area contributed by atoms with Crippen molar-refractivity contribution >= 4 is 0 Å². The molecule has 40 heavy (non-hydrogen) atoms. The van der Waals surface area contributed by atoms with Crippen LogP contribution in [0.5, 0.6) is 5.75 Å². The fourth-order valence-electron chi connectivity index (χ4n) is 4.82. The van der Waals surface area contributed by atoms with Crippen molar-refractivity contribution in [3.8, 4) is 5.75 Å². The predicted octanol–water partition coefficient (Wildman–Crippen LogP) is 9.62. The van der Waals surface area contributed by atoms with Crippen molar-refractivity contribution in [3.05, 3.63) is 99.7 Å². The zero-order chi connectivity index (χ0) is 29.7. The van der Waals surface area contributed by atoms with Crippen molar-refractivity contribution in [1.29, 1.82) is 0 Å². The molecular formula is C27H18F12O. The molecule has 0 heterocycles. The Labute approximate surface area is 219 Å². The number of ether oxygens (including phenoxy) is 1. The van der Waals surface area contributed by atoms with Crippen LogP contribution in [-0.4, -0.2) is 12.3 Å². The van der Waals surface area contributed by atoms with Crippen molar-refractivity contribution < 1.29 is 57.4 Å². The summed E-state index contributed by atoms with van der Waals surface area (Å²) in [4.78, 5) is 0. The molecule has 4 atom stereocenters. The molecule has 0 fully saturated rings. The molecule has 0 spiro atoms. The number of rotatable bonds is 5. The Kier molecular flexibility index (Phi) is 7.81. The van der Waals surface area contributed by atoms with E-state index in [1.165, 1.54) is 6.08 Å². The van der Waals surface area contributed by atoms with Crippen molar-refractivity contribution in [3.63, 3.8) is 0 Å². The van der Waals surface area contributed by atoms with E-state index in [-0.39, 0.29) is 30.7 Å². The van der Waals surface area contributed by atoms with Crippen LogP contribution in [0.3, 0.4) is 0 Å². The molecule has 0 saturated heterocycles. The zero-order valence-corrected chi connectivity index (χ0v) is 20.2. The molecule has 4 rings (SSSR count). The van der Waals surface area contributed by atoms with E-state index in [4.69, 9.17) is 0 Å². The van der Waals surface area contributed by atoms with Crippen LogP contribution in [0.25, 0.3) is 0 Å². The molecule has 0 aromatic heterocycles. The number of benzene rings is 1. The van der Waals surface area contributed by atoms with Crippen molar-refractivity contribution in [2.45, 2.75) is 38.2 Å². The standard InChI is InChI=1S/C27H18F12O/c1-11-2-3-15(16(28)4-11)12-5-17(29)23(18(30)6-12)13-7-19(31)25(20(32)8-13)27(38,39)40-14-9-21(33)24(22(34)10-14)26(35,36)37/h2,4-5,7-10,12,15,19,25H,3,6H2,1H3. The Hall–Kier alpha value is -3.38. The van der Waals surface area contributed by atoms with Crippen molar-refractivity contribution in [1.82, 2.24) is 0 Å². The first kappa shape index (κ1) is 29.6. The Balaban J connectivity index is 1.56. The average molecular weight is 586 g/mol. The number of halogens is 12. The summed E-state index contributed by atoms with van der Waals surface area (Å²) in [6.45, 7) is 1.64. The molecule has 3 aliphatic carbocycles. The van der Waals surface area contributed by atoms with Crippen molar-refractivity contribution in [2.24, 2.45) is 17.8 Å². The van der Waals surface area contributed by atoms with E-state index in [1.54, 1.807) is 13.0 Å². The largest absolute Gasteiger partial charge is 0.432 e. The maximum atomic E-state index is 15.0. The van der Waals surface area contributed by atoms with Crippen LogP contribution in [0.15, 0.2) is 82.5 Å². The molecule has 13 heteroatoms. The lowest BCUT2D eigenvalue weighted by atomic mass is 9.78. The normalized spacial score (nSPS) is 26.1. The predicted molar refractivity (Wildman–Crippen MR) is 119 cm³/mol. The zero-order valence-electron chi connectivity index (χ0n) is 20.2. The summed E-state index contributed by atoms with van der Waals surface area (Å²) in [5, 5.41) is 0. The summed E-state index contributed by atoms with van der Waals surface area (Å²) in [6, 6.07) is -0.474. The molecule has 4 unspecified atom stereocenters. The molecule has 3 aliphatic rings. The molecule has 1 nitrogen and oxygen atoms in total. The molecule has 0 radical (unpaired) electrons. The Morgan fingerprint density at radius 3 is 2.00 bits per heavy atom. The second-order valence-corrected chi connectivity index (χ2v) is 9.48. The van der Waals surface area contributed by atoms with Gasteiger partial charge in [-0.05, 0) is 49.1 Å². The summed E-state index contributed by atoms with van der Waals surface area (Å²) < 4.78 is 173. The minimum atomic E-state index is -5.51. The van der Waals surface area contributed by atoms with Gasteiger partial charge in [0, 0.05) is 30.0 Å². The molecule has 216 valence electrons. The van der Waals surface area contributed by atoms with Gasteiger partial charge in [-0.2, -0.15) is 22.0 Å². The first-order valence-corrected chi connectivity index (χ1v) is 11.7. The van der Waals surface area contributed by atoms with Gasteiger partial charge in [0.25, 0.3) is 0 Å². The highest BCUT2D eigenvalue weighted by Crippen LogP contribution is 2.47.